The van der Waals surface area contributed by atoms with Gasteiger partial charge in [0.05, 0.1) is 12.5 Å². The van der Waals surface area contributed by atoms with Crippen molar-refractivity contribution >= 4 is 35.6 Å². The van der Waals surface area contributed by atoms with Crippen LogP contribution < -0.4 is 33.6 Å². The van der Waals surface area contributed by atoms with Gasteiger partial charge in [-0.05, 0) is 32.6 Å². The molecule has 1 heterocycles. The molecule has 0 aromatic carbocycles. The van der Waals surface area contributed by atoms with E-state index in [-0.39, 0.29) is 25.3 Å². The van der Waals surface area contributed by atoms with E-state index in [0.717, 1.165) is 0 Å². The van der Waals surface area contributed by atoms with E-state index in [1.54, 1.807) is 0 Å². The Morgan fingerprint density at radius 3 is 2.31 bits per heavy atom. The first-order valence-corrected chi connectivity index (χ1v) is 10.2. The number of carboxylic acids is 1. The van der Waals surface area contributed by atoms with Gasteiger partial charge in [-0.25, -0.2) is 4.79 Å². The summed E-state index contributed by atoms with van der Waals surface area (Å²) in [7, 11) is 0. The number of aliphatic imine (C=N–C) groups is 1. The van der Waals surface area contributed by atoms with Gasteiger partial charge in [0, 0.05) is 13.1 Å². The fourth-order valence-corrected chi connectivity index (χ4v) is 3.28. The number of hydrogen-bond acceptors (Lipinski definition) is 7. The topological polar surface area (TPSA) is 249 Å². The maximum atomic E-state index is 12.7. The van der Waals surface area contributed by atoms with Crippen LogP contribution in [0.2, 0.25) is 0 Å². The quantitative estimate of drug-likeness (QED) is 0.0865. The van der Waals surface area contributed by atoms with E-state index >= 15 is 0 Å². The smallest absolute Gasteiger partial charge is 0.326 e. The molecule has 1 aliphatic rings. The molecule has 1 aliphatic heterocycles. The number of nitrogens with two attached hydrogens (primary N) is 4. The van der Waals surface area contributed by atoms with Gasteiger partial charge >= 0.3 is 5.97 Å². The van der Waals surface area contributed by atoms with Crippen molar-refractivity contribution in [3.8, 4) is 0 Å². The number of rotatable bonds is 12. The van der Waals surface area contributed by atoms with E-state index in [9.17, 15) is 29.1 Å². The lowest BCUT2D eigenvalue weighted by Gasteiger charge is -2.27. The summed E-state index contributed by atoms with van der Waals surface area (Å²) in [5, 5.41) is 14.1. The maximum Gasteiger partial charge on any atom is 0.326 e. The third kappa shape index (κ3) is 8.37. The van der Waals surface area contributed by atoms with Crippen LogP contribution >= 0.6 is 0 Å². The van der Waals surface area contributed by atoms with Crippen LogP contribution in [0.15, 0.2) is 4.99 Å². The standard InChI is InChI=1S/C18H32N8O6/c1-9(19)16(30)26-7-3-5-12(26)15(29)25-11(8-13(20)27)14(28)24-10(17(31)32)4-2-6-23-18(21)22/h9-12H,2-8,19H2,1H3,(H2,20,27)(H,24,28)(H,25,29)(H,31,32)(H4,21,22,23). The van der Waals surface area contributed by atoms with Crippen LogP contribution in [0.4, 0.5) is 0 Å². The molecule has 14 heteroatoms. The first-order valence-electron chi connectivity index (χ1n) is 10.2. The number of carbonyl (C=O) groups is 5. The van der Waals surface area contributed by atoms with Gasteiger partial charge in [-0.2, -0.15) is 0 Å². The van der Waals surface area contributed by atoms with Crippen LogP contribution in [0, 0.1) is 0 Å². The van der Waals surface area contributed by atoms with E-state index in [0.29, 0.717) is 19.4 Å². The molecule has 180 valence electrons. The van der Waals surface area contributed by atoms with Crippen molar-refractivity contribution in [2.24, 2.45) is 27.9 Å². The highest BCUT2D eigenvalue weighted by molar-refractivity contribution is 5.96. The number of amides is 4. The molecule has 4 amide bonds. The van der Waals surface area contributed by atoms with Gasteiger partial charge < -0.3 is 43.6 Å². The summed E-state index contributed by atoms with van der Waals surface area (Å²) in [4.78, 5) is 65.6. The number of nitrogens with one attached hydrogen (secondary N) is 2. The Morgan fingerprint density at radius 2 is 1.78 bits per heavy atom. The molecule has 14 nitrogen and oxygen atoms in total. The summed E-state index contributed by atoms with van der Waals surface area (Å²) >= 11 is 0. The summed E-state index contributed by atoms with van der Waals surface area (Å²) < 4.78 is 0. The highest BCUT2D eigenvalue weighted by Gasteiger charge is 2.37. The summed E-state index contributed by atoms with van der Waals surface area (Å²) in [6, 6.07) is -4.37. The molecule has 4 unspecified atom stereocenters. The zero-order valence-electron chi connectivity index (χ0n) is 18.0. The average Bonchev–Trinajstić information content (AvgIpc) is 3.17. The van der Waals surface area contributed by atoms with Crippen LogP contribution in [0.5, 0.6) is 0 Å². The van der Waals surface area contributed by atoms with Gasteiger partial charge in [-0.3, -0.25) is 24.2 Å². The molecule has 0 saturated carbocycles. The summed E-state index contributed by atoms with van der Waals surface area (Å²) in [5.74, 6) is -4.29. The third-order valence-electron chi connectivity index (χ3n) is 4.83. The van der Waals surface area contributed by atoms with Gasteiger partial charge in [-0.15, -0.1) is 0 Å². The highest BCUT2D eigenvalue weighted by atomic mass is 16.4. The number of primary amides is 1. The lowest BCUT2D eigenvalue weighted by Crippen LogP contribution is -2.57. The molecule has 1 fully saturated rings. The molecule has 0 aromatic heterocycles. The SMILES string of the molecule is CC(N)C(=O)N1CCCC1C(=O)NC(CC(N)=O)C(=O)NC(CCCN=C(N)N)C(=O)O. The number of carboxylic acid groups (broad SMARTS) is 1. The summed E-state index contributed by atoms with van der Waals surface area (Å²) in [6.45, 7) is 1.99. The second-order valence-electron chi connectivity index (χ2n) is 7.56. The molecule has 1 rings (SSSR count). The van der Waals surface area contributed by atoms with Crippen molar-refractivity contribution in [3.05, 3.63) is 0 Å². The third-order valence-corrected chi connectivity index (χ3v) is 4.83. The zero-order chi connectivity index (χ0) is 24.4. The molecule has 4 atom stereocenters. The predicted molar refractivity (Wildman–Crippen MR) is 114 cm³/mol. The van der Waals surface area contributed by atoms with E-state index in [1.165, 1.54) is 11.8 Å². The molecular formula is C18H32N8O6. The van der Waals surface area contributed by atoms with E-state index in [4.69, 9.17) is 22.9 Å². The molecule has 0 radical (unpaired) electrons. The minimum Gasteiger partial charge on any atom is -0.480 e. The van der Waals surface area contributed by atoms with Gasteiger partial charge in [0.15, 0.2) is 5.96 Å². The minimum absolute atomic E-state index is 0.00832. The lowest BCUT2D eigenvalue weighted by molar-refractivity contribution is -0.143. The number of likely N-dealkylation sites (tertiary alicyclic amines) is 1. The molecule has 11 N–H and O–H groups in total. The lowest BCUT2D eigenvalue weighted by atomic mass is 10.1. The number of guanidine groups is 1. The molecule has 1 saturated heterocycles. The van der Waals surface area contributed by atoms with Crippen molar-refractivity contribution in [1.82, 2.24) is 15.5 Å². The van der Waals surface area contributed by atoms with Crippen molar-refractivity contribution in [1.29, 1.82) is 0 Å². The largest absolute Gasteiger partial charge is 0.480 e. The van der Waals surface area contributed by atoms with E-state index < -0.39 is 60.2 Å². The average molecular weight is 457 g/mol. The molecular weight excluding hydrogens is 424 g/mol. The van der Waals surface area contributed by atoms with Crippen LogP contribution in [-0.4, -0.2) is 82.8 Å². The number of carbonyl (C=O) groups excluding carboxylic acids is 4. The molecule has 0 aromatic rings. The molecule has 0 bridgehead atoms. The number of hydrogen-bond donors (Lipinski definition) is 7. The zero-order valence-corrected chi connectivity index (χ0v) is 18.0. The highest BCUT2D eigenvalue weighted by Crippen LogP contribution is 2.18. The summed E-state index contributed by atoms with van der Waals surface area (Å²) in [5.41, 5.74) is 21.2. The predicted octanol–water partition coefficient (Wildman–Crippen LogP) is -3.69. The second-order valence-corrected chi connectivity index (χ2v) is 7.56. The Bertz CT molecular complexity index is 752. The molecule has 0 spiro atoms. The first-order chi connectivity index (χ1) is 14.9. The van der Waals surface area contributed by atoms with Crippen LogP contribution in [0.1, 0.15) is 39.0 Å². The fourth-order valence-electron chi connectivity index (χ4n) is 3.28. The van der Waals surface area contributed by atoms with E-state index in [1.807, 2.05) is 0 Å². The van der Waals surface area contributed by atoms with Crippen molar-refractivity contribution < 1.29 is 29.1 Å². The van der Waals surface area contributed by atoms with Crippen LogP contribution in [0.25, 0.3) is 0 Å². The number of aliphatic carboxylic acids is 1. The number of nitrogens with zero attached hydrogens (tertiary/aromatic N) is 2. The Balaban J connectivity index is 2.85. The Labute approximate surface area is 185 Å². The van der Waals surface area contributed by atoms with Gasteiger partial charge in [0.2, 0.25) is 23.6 Å². The first kappa shape index (κ1) is 26.6. The Hall–Kier alpha value is -3.42. The van der Waals surface area contributed by atoms with Crippen LogP contribution in [-0.2, 0) is 24.0 Å². The van der Waals surface area contributed by atoms with Crippen molar-refractivity contribution in [3.63, 3.8) is 0 Å². The van der Waals surface area contributed by atoms with Crippen molar-refractivity contribution in [2.45, 2.75) is 63.2 Å². The minimum atomic E-state index is -1.41. The van der Waals surface area contributed by atoms with Crippen molar-refractivity contribution in [2.75, 3.05) is 13.1 Å². The van der Waals surface area contributed by atoms with Gasteiger partial charge in [-0.1, -0.05) is 0 Å². The van der Waals surface area contributed by atoms with E-state index in [2.05, 4.69) is 15.6 Å². The second kappa shape index (κ2) is 12.4. The fraction of sp³-hybridized carbons (Fsp3) is 0.667. The Kier molecular flexibility index (Phi) is 10.3. The van der Waals surface area contributed by atoms with Gasteiger partial charge in [0.25, 0.3) is 0 Å². The molecule has 32 heavy (non-hydrogen) atoms. The monoisotopic (exact) mass is 456 g/mol. The normalized spacial score (nSPS) is 18.2. The Morgan fingerprint density at radius 1 is 1.12 bits per heavy atom. The van der Waals surface area contributed by atoms with Crippen LogP contribution in [0.3, 0.4) is 0 Å². The van der Waals surface area contributed by atoms with Gasteiger partial charge in [0.1, 0.15) is 18.1 Å². The summed E-state index contributed by atoms with van der Waals surface area (Å²) in [6.07, 6.45) is 0.649. The molecule has 0 aliphatic carbocycles. The maximum absolute atomic E-state index is 12.7.